The van der Waals surface area contributed by atoms with Crippen LogP contribution in [0.5, 0.6) is 0 Å². The first-order valence-electron chi connectivity index (χ1n) is 11.0. The van der Waals surface area contributed by atoms with E-state index >= 15 is 0 Å². The van der Waals surface area contributed by atoms with E-state index in [-0.39, 0.29) is 5.92 Å². The highest BCUT2D eigenvalue weighted by molar-refractivity contribution is 7.71. The van der Waals surface area contributed by atoms with E-state index in [1.54, 1.807) is 0 Å². The van der Waals surface area contributed by atoms with Gasteiger partial charge in [0.1, 0.15) is 0 Å². The molecule has 6 nitrogen and oxygen atoms in total. The number of rotatable bonds is 4. The number of quaternary nitrogens is 1. The molecule has 2 N–H and O–H groups in total. The molecule has 0 saturated carbocycles. The van der Waals surface area contributed by atoms with E-state index in [9.17, 15) is 4.79 Å². The van der Waals surface area contributed by atoms with Gasteiger partial charge >= 0.3 is 0 Å². The summed E-state index contributed by atoms with van der Waals surface area (Å²) in [4.78, 5) is 21.0. The molecule has 156 valence electrons. The van der Waals surface area contributed by atoms with Gasteiger partial charge in [0.05, 0.1) is 13.1 Å². The molecule has 1 aromatic carbocycles. The molecule has 2 aliphatic rings. The maximum Gasteiger partial charge on any atom is 0.226 e. The van der Waals surface area contributed by atoms with E-state index in [1.807, 2.05) is 4.68 Å². The van der Waals surface area contributed by atoms with E-state index in [1.165, 1.54) is 23.3 Å². The van der Waals surface area contributed by atoms with Gasteiger partial charge in [0.2, 0.25) is 10.7 Å². The number of benzene rings is 1. The number of nitrogens with one attached hydrogen (secondary N) is 2. The molecular formula is C22H32N5OS+. The lowest BCUT2D eigenvalue weighted by Gasteiger charge is -2.31. The van der Waals surface area contributed by atoms with Crippen molar-refractivity contribution in [3.8, 4) is 11.4 Å². The third-order valence-corrected chi connectivity index (χ3v) is 6.66. The Labute approximate surface area is 177 Å². The second-order valence-corrected chi connectivity index (χ2v) is 8.94. The summed E-state index contributed by atoms with van der Waals surface area (Å²) in [5.41, 5.74) is 2.28. The van der Waals surface area contributed by atoms with E-state index in [4.69, 9.17) is 12.2 Å². The molecule has 0 aliphatic carbocycles. The van der Waals surface area contributed by atoms with E-state index in [2.05, 4.69) is 46.2 Å². The van der Waals surface area contributed by atoms with Crippen molar-refractivity contribution in [2.45, 2.75) is 52.1 Å². The zero-order chi connectivity index (χ0) is 20.2. The summed E-state index contributed by atoms with van der Waals surface area (Å²) in [6.07, 6.45) is 6.80. The molecule has 0 atom stereocenters. The van der Waals surface area contributed by atoms with Crippen molar-refractivity contribution in [2.75, 3.05) is 26.2 Å². The molecule has 2 saturated heterocycles. The lowest BCUT2D eigenvalue weighted by Crippen LogP contribution is -3.12. The topological polar surface area (TPSA) is 58.4 Å². The van der Waals surface area contributed by atoms with Crippen molar-refractivity contribution in [1.82, 2.24) is 19.7 Å². The van der Waals surface area contributed by atoms with Crippen LogP contribution in [0.2, 0.25) is 0 Å². The normalized spacial score (nSPS) is 23.0. The van der Waals surface area contributed by atoms with Crippen LogP contribution in [0.4, 0.5) is 0 Å². The molecule has 7 heteroatoms. The first-order valence-corrected chi connectivity index (χ1v) is 11.4. The van der Waals surface area contributed by atoms with Gasteiger partial charge in [-0.2, -0.15) is 4.98 Å². The second-order valence-electron chi connectivity index (χ2n) is 8.57. The Morgan fingerprint density at radius 1 is 1.14 bits per heavy atom. The summed E-state index contributed by atoms with van der Waals surface area (Å²) >= 11 is 5.48. The van der Waals surface area contributed by atoms with E-state index in [0.717, 1.165) is 69.9 Å². The minimum atomic E-state index is 0.203. The molecule has 2 aliphatic heterocycles. The predicted octanol–water partition coefficient (Wildman–Crippen LogP) is 2.57. The second kappa shape index (κ2) is 9.22. The first kappa shape index (κ1) is 20.3. The quantitative estimate of drug-likeness (QED) is 0.756. The minimum absolute atomic E-state index is 0.203. The van der Waals surface area contributed by atoms with Crippen LogP contribution in [0.25, 0.3) is 11.4 Å². The molecule has 3 heterocycles. The maximum atomic E-state index is 12.9. The summed E-state index contributed by atoms with van der Waals surface area (Å²) in [5.74, 6) is 1.42. The van der Waals surface area contributed by atoms with Crippen LogP contribution in [0.3, 0.4) is 0 Å². The Balaban J connectivity index is 1.33. The number of hydrogen-bond acceptors (Lipinski definition) is 3. The van der Waals surface area contributed by atoms with Crippen LogP contribution in [0.15, 0.2) is 24.3 Å². The fourth-order valence-electron chi connectivity index (χ4n) is 4.51. The maximum absolute atomic E-state index is 12.9. The molecule has 1 aromatic heterocycles. The van der Waals surface area contributed by atoms with E-state index < -0.39 is 0 Å². The van der Waals surface area contributed by atoms with Crippen LogP contribution in [0, 0.1) is 17.6 Å². The van der Waals surface area contributed by atoms with Gasteiger partial charge in [-0.1, -0.05) is 42.7 Å². The van der Waals surface area contributed by atoms with Gasteiger partial charge in [0.15, 0.2) is 12.5 Å². The number of amides is 1. The number of carbonyl (C=O) groups is 1. The number of aromatic amines is 1. The SMILES string of the molecule is Cc1ccc(-c2nc(=S)n(C[NH+]3CCC(C(=O)N4CCCCCC4)CC3)[nH]2)cc1. The lowest BCUT2D eigenvalue weighted by atomic mass is 9.95. The highest BCUT2D eigenvalue weighted by Gasteiger charge is 2.31. The number of aryl methyl sites for hydroxylation is 1. The van der Waals surface area contributed by atoms with Gasteiger partial charge in [-0.3, -0.25) is 9.89 Å². The van der Waals surface area contributed by atoms with Crippen LogP contribution < -0.4 is 4.90 Å². The van der Waals surface area contributed by atoms with Gasteiger partial charge in [0.25, 0.3) is 0 Å². The molecule has 1 amide bonds. The molecule has 0 radical (unpaired) electrons. The molecular weight excluding hydrogens is 382 g/mol. The Kier molecular flexibility index (Phi) is 6.45. The van der Waals surface area contributed by atoms with Crippen LogP contribution in [0.1, 0.15) is 44.1 Å². The molecule has 2 fully saturated rings. The monoisotopic (exact) mass is 414 g/mol. The highest BCUT2D eigenvalue weighted by Crippen LogP contribution is 2.18. The van der Waals surface area contributed by atoms with Crippen LogP contribution >= 0.6 is 12.2 Å². The third kappa shape index (κ3) is 4.95. The summed E-state index contributed by atoms with van der Waals surface area (Å²) in [5, 5.41) is 3.36. The molecule has 0 spiro atoms. The van der Waals surface area contributed by atoms with Gasteiger partial charge in [-0.25, -0.2) is 4.68 Å². The molecule has 0 unspecified atom stereocenters. The summed E-state index contributed by atoms with van der Waals surface area (Å²) in [7, 11) is 0. The van der Waals surface area contributed by atoms with Crippen molar-refractivity contribution in [1.29, 1.82) is 0 Å². The standard InChI is InChI=1S/C22H31N5OS/c1-17-6-8-18(9-7-17)20-23-22(29)27(24-20)16-25-14-10-19(11-15-25)21(28)26-12-4-2-3-5-13-26/h6-9,19H,2-5,10-16H2,1H3,(H,23,24,29)/p+1. The van der Waals surface area contributed by atoms with Crippen LogP contribution in [-0.2, 0) is 11.5 Å². The molecule has 0 bridgehead atoms. The molecule has 29 heavy (non-hydrogen) atoms. The number of carbonyl (C=O) groups excluding carboxylic acids is 1. The fraction of sp³-hybridized carbons (Fsp3) is 0.591. The third-order valence-electron chi connectivity index (χ3n) is 6.35. The predicted molar refractivity (Wildman–Crippen MR) is 116 cm³/mol. The fourth-order valence-corrected chi connectivity index (χ4v) is 4.71. The van der Waals surface area contributed by atoms with Crippen molar-refractivity contribution < 1.29 is 9.69 Å². The number of hydrogen-bond donors (Lipinski definition) is 2. The first-order chi connectivity index (χ1) is 14.1. The number of aromatic nitrogens is 3. The van der Waals surface area contributed by atoms with Gasteiger partial charge in [0, 0.05) is 37.4 Å². The van der Waals surface area contributed by atoms with Crippen molar-refractivity contribution in [3.05, 3.63) is 34.6 Å². The van der Waals surface area contributed by atoms with Gasteiger partial charge < -0.3 is 9.80 Å². The zero-order valence-corrected chi connectivity index (χ0v) is 18.1. The Hall–Kier alpha value is -1.99. The Morgan fingerprint density at radius 3 is 2.45 bits per heavy atom. The Morgan fingerprint density at radius 2 is 1.79 bits per heavy atom. The molecule has 2 aromatic rings. The van der Waals surface area contributed by atoms with E-state index in [0.29, 0.717) is 10.7 Å². The molecule has 4 rings (SSSR count). The average molecular weight is 415 g/mol. The number of piperidine rings is 1. The zero-order valence-electron chi connectivity index (χ0n) is 17.3. The highest BCUT2D eigenvalue weighted by atomic mass is 32.1. The lowest BCUT2D eigenvalue weighted by molar-refractivity contribution is -0.929. The van der Waals surface area contributed by atoms with Gasteiger partial charge in [-0.15, -0.1) is 0 Å². The number of H-pyrrole nitrogens is 1. The summed E-state index contributed by atoms with van der Waals surface area (Å²) in [6.45, 7) is 6.78. The Bertz CT molecular complexity index is 871. The number of likely N-dealkylation sites (tertiary alicyclic amines) is 2. The minimum Gasteiger partial charge on any atom is -0.342 e. The summed E-state index contributed by atoms with van der Waals surface area (Å²) < 4.78 is 2.56. The average Bonchev–Trinajstić information content (AvgIpc) is 2.94. The van der Waals surface area contributed by atoms with Crippen LogP contribution in [-0.4, -0.2) is 51.8 Å². The van der Waals surface area contributed by atoms with Crippen molar-refractivity contribution in [3.63, 3.8) is 0 Å². The number of nitrogens with zero attached hydrogens (tertiary/aromatic N) is 3. The van der Waals surface area contributed by atoms with Crippen molar-refractivity contribution >= 4 is 18.1 Å². The van der Waals surface area contributed by atoms with Crippen molar-refractivity contribution in [2.24, 2.45) is 5.92 Å². The summed E-state index contributed by atoms with van der Waals surface area (Å²) in [6, 6.07) is 8.31. The van der Waals surface area contributed by atoms with Gasteiger partial charge in [-0.05, 0) is 32.0 Å². The largest absolute Gasteiger partial charge is 0.342 e. The smallest absolute Gasteiger partial charge is 0.226 e.